The summed E-state index contributed by atoms with van der Waals surface area (Å²) in [6.07, 6.45) is 6.39. The van der Waals surface area contributed by atoms with Gasteiger partial charge in [-0.15, -0.1) is 10.2 Å². The molecule has 1 aromatic heterocycles. The van der Waals surface area contributed by atoms with Crippen LogP contribution in [0.25, 0.3) is 0 Å². The van der Waals surface area contributed by atoms with Gasteiger partial charge in [-0.25, -0.2) is 4.99 Å². The van der Waals surface area contributed by atoms with Crippen molar-refractivity contribution < 1.29 is 0 Å². The number of guanidine groups is 1. The van der Waals surface area contributed by atoms with Crippen molar-refractivity contribution in [2.75, 3.05) is 6.54 Å². The van der Waals surface area contributed by atoms with E-state index in [1.54, 1.807) is 0 Å². The molecule has 1 aromatic carbocycles. The Labute approximate surface area is 162 Å². The third-order valence-electron chi connectivity index (χ3n) is 5.45. The molecule has 2 N–H and O–H groups in total. The van der Waals surface area contributed by atoms with Crippen molar-refractivity contribution in [3.63, 3.8) is 0 Å². The molecule has 6 heteroatoms. The summed E-state index contributed by atoms with van der Waals surface area (Å²) in [5.74, 6) is 3.09. The predicted molar refractivity (Wildman–Crippen MR) is 110 cm³/mol. The second-order valence-corrected chi connectivity index (χ2v) is 7.56. The van der Waals surface area contributed by atoms with E-state index < -0.39 is 0 Å². The molecule has 146 valence electrons. The molecule has 0 spiro atoms. The minimum atomic E-state index is 0.418. The van der Waals surface area contributed by atoms with Gasteiger partial charge in [-0.3, -0.25) is 0 Å². The molecular weight excluding hydrogens is 336 g/mol. The number of rotatable bonds is 6. The van der Waals surface area contributed by atoms with Gasteiger partial charge in [-0.1, -0.05) is 56.5 Å². The largest absolute Gasteiger partial charge is 0.356 e. The summed E-state index contributed by atoms with van der Waals surface area (Å²) in [6, 6.07) is 11.1. The van der Waals surface area contributed by atoms with Gasteiger partial charge >= 0.3 is 0 Å². The van der Waals surface area contributed by atoms with E-state index in [1.807, 2.05) is 18.5 Å². The van der Waals surface area contributed by atoms with Crippen molar-refractivity contribution in [2.45, 2.75) is 64.5 Å². The zero-order valence-electron chi connectivity index (χ0n) is 16.8. The highest BCUT2D eigenvalue weighted by Gasteiger charge is 2.16. The molecule has 0 saturated heterocycles. The minimum Gasteiger partial charge on any atom is -0.356 e. The van der Waals surface area contributed by atoms with Crippen molar-refractivity contribution in [1.82, 2.24) is 25.4 Å². The molecule has 6 nitrogen and oxygen atoms in total. The lowest BCUT2D eigenvalue weighted by atomic mass is 9.96. The first-order valence-corrected chi connectivity index (χ1v) is 10.1. The Morgan fingerprint density at radius 1 is 1.19 bits per heavy atom. The van der Waals surface area contributed by atoms with Crippen LogP contribution in [-0.2, 0) is 13.6 Å². The van der Waals surface area contributed by atoms with Crippen LogP contribution in [0.5, 0.6) is 0 Å². The Bertz CT molecular complexity index is 730. The number of nitrogens with one attached hydrogen (secondary N) is 2. The summed E-state index contributed by atoms with van der Waals surface area (Å²) < 4.78 is 1.99. The molecule has 1 fully saturated rings. The van der Waals surface area contributed by atoms with Crippen molar-refractivity contribution in [1.29, 1.82) is 0 Å². The van der Waals surface area contributed by atoms with E-state index in [-0.39, 0.29) is 0 Å². The molecule has 0 bridgehead atoms. The number of nitrogens with zero attached hydrogens (tertiary/aromatic N) is 4. The van der Waals surface area contributed by atoms with Crippen LogP contribution in [0.4, 0.5) is 0 Å². The second-order valence-electron chi connectivity index (χ2n) is 7.56. The molecule has 1 aliphatic carbocycles. The normalized spacial score (nSPS) is 16.9. The first kappa shape index (κ1) is 19.4. The number of hydrogen-bond donors (Lipinski definition) is 2. The molecule has 1 heterocycles. The summed E-state index contributed by atoms with van der Waals surface area (Å²) in [4.78, 5) is 4.80. The molecule has 0 radical (unpaired) electrons. The lowest BCUT2D eigenvalue weighted by Gasteiger charge is -2.26. The first-order chi connectivity index (χ1) is 13.1. The van der Waals surface area contributed by atoms with Gasteiger partial charge in [0.25, 0.3) is 0 Å². The van der Waals surface area contributed by atoms with E-state index in [4.69, 9.17) is 4.99 Å². The van der Waals surface area contributed by atoms with Crippen LogP contribution in [0.1, 0.15) is 62.2 Å². The number of benzene rings is 1. The molecular formula is C21H32N6. The zero-order valence-corrected chi connectivity index (χ0v) is 16.8. The second kappa shape index (κ2) is 9.53. The van der Waals surface area contributed by atoms with Gasteiger partial charge in [0, 0.05) is 19.6 Å². The van der Waals surface area contributed by atoms with Crippen LogP contribution < -0.4 is 10.6 Å². The Morgan fingerprint density at radius 3 is 2.59 bits per heavy atom. The van der Waals surface area contributed by atoms with Crippen LogP contribution in [0.2, 0.25) is 0 Å². The molecule has 1 aliphatic rings. The molecule has 1 atom stereocenters. The highest BCUT2D eigenvalue weighted by molar-refractivity contribution is 5.80. The molecule has 1 unspecified atom stereocenters. The van der Waals surface area contributed by atoms with Crippen molar-refractivity contribution in [3.05, 3.63) is 47.5 Å². The lowest BCUT2D eigenvalue weighted by Crippen LogP contribution is -2.45. The third-order valence-corrected chi connectivity index (χ3v) is 5.45. The van der Waals surface area contributed by atoms with Gasteiger partial charge in [0.2, 0.25) is 0 Å². The topological polar surface area (TPSA) is 67.1 Å². The monoisotopic (exact) mass is 368 g/mol. The molecule has 1 saturated carbocycles. The zero-order chi connectivity index (χ0) is 19.1. The van der Waals surface area contributed by atoms with Crippen LogP contribution in [0.15, 0.2) is 35.3 Å². The molecule has 2 aromatic rings. The minimum absolute atomic E-state index is 0.418. The Morgan fingerprint density at radius 2 is 1.93 bits per heavy atom. The standard InChI is InChI=1S/C21H32N6/c1-16(18-10-6-4-7-11-18)14-22-21(24-19-12-8-5-9-13-19)23-15-20-26-25-17(2)27(20)3/h4,6-7,10-11,16,19H,5,8-9,12-15H2,1-3H3,(H2,22,23,24). The van der Waals surface area contributed by atoms with Crippen LogP contribution in [0.3, 0.4) is 0 Å². The van der Waals surface area contributed by atoms with Gasteiger partial charge in [0.05, 0.1) is 0 Å². The van der Waals surface area contributed by atoms with Gasteiger partial charge in [-0.2, -0.15) is 0 Å². The van der Waals surface area contributed by atoms with E-state index in [0.29, 0.717) is 18.5 Å². The summed E-state index contributed by atoms with van der Waals surface area (Å²) in [5.41, 5.74) is 1.34. The van der Waals surface area contributed by atoms with Crippen LogP contribution >= 0.6 is 0 Å². The van der Waals surface area contributed by atoms with E-state index >= 15 is 0 Å². The van der Waals surface area contributed by atoms with E-state index in [0.717, 1.165) is 24.2 Å². The summed E-state index contributed by atoms with van der Waals surface area (Å²) in [6.45, 7) is 5.58. The maximum Gasteiger partial charge on any atom is 0.191 e. The molecule has 0 aliphatic heterocycles. The van der Waals surface area contributed by atoms with Gasteiger partial charge in [0.1, 0.15) is 12.4 Å². The first-order valence-electron chi connectivity index (χ1n) is 10.1. The number of aromatic nitrogens is 3. The fourth-order valence-electron chi connectivity index (χ4n) is 3.48. The highest BCUT2D eigenvalue weighted by atomic mass is 15.3. The number of hydrogen-bond acceptors (Lipinski definition) is 3. The summed E-state index contributed by atoms with van der Waals surface area (Å²) in [5, 5.41) is 15.5. The Kier molecular flexibility index (Phi) is 6.85. The lowest BCUT2D eigenvalue weighted by molar-refractivity contribution is 0.409. The molecule has 3 rings (SSSR count). The van der Waals surface area contributed by atoms with Crippen LogP contribution in [-0.4, -0.2) is 33.3 Å². The molecule has 27 heavy (non-hydrogen) atoms. The summed E-state index contributed by atoms with van der Waals surface area (Å²) >= 11 is 0. The van der Waals surface area contributed by atoms with Crippen molar-refractivity contribution in [2.24, 2.45) is 12.0 Å². The fraction of sp³-hybridized carbons (Fsp3) is 0.571. The van der Waals surface area contributed by atoms with Gasteiger partial charge < -0.3 is 15.2 Å². The fourth-order valence-corrected chi connectivity index (χ4v) is 3.48. The highest BCUT2D eigenvalue weighted by Crippen LogP contribution is 2.17. The third kappa shape index (κ3) is 5.55. The maximum atomic E-state index is 4.80. The Hall–Kier alpha value is -2.37. The van der Waals surface area contributed by atoms with E-state index in [1.165, 1.54) is 37.7 Å². The van der Waals surface area contributed by atoms with E-state index in [9.17, 15) is 0 Å². The predicted octanol–water partition coefficient (Wildman–Crippen LogP) is 3.30. The average Bonchev–Trinajstić information content (AvgIpc) is 3.03. The Balaban J connectivity index is 1.64. The van der Waals surface area contributed by atoms with Gasteiger partial charge in [-0.05, 0) is 31.2 Å². The van der Waals surface area contributed by atoms with Crippen molar-refractivity contribution >= 4 is 5.96 Å². The quantitative estimate of drug-likeness (QED) is 0.606. The average molecular weight is 369 g/mol. The SMILES string of the molecule is Cc1nnc(CN=C(NCC(C)c2ccccc2)NC2CCCCC2)n1C. The molecule has 0 amide bonds. The number of aryl methyl sites for hydroxylation is 1. The van der Waals surface area contributed by atoms with E-state index in [2.05, 4.69) is 58.1 Å². The van der Waals surface area contributed by atoms with Gasteiger partial charge in [0.15, 0.2) is 11.8 Å². The van der Waals surface area contributed by atoms with Crippen molar-refractivity contribution in [3.8, 4) is 0 Å². The van der Waals surface area contributed by atoms with Crippen LogP contribution in [0, 0.1) is 6.92 Å². The summed E-state index contributed by atoms with van der Waals surface area (Å²) in [7, 11) is 1.99. The smallest absolute Gasteiger partial charge is 0.191 e. The number of aliphatic imine (C=N–C) groups is 1. The maximum absolute atomic E-state index is 4.80.